The van der Waals surface area contributed by atoms with Gasteiger partial charge in [-0.1, -0.05) is 53.5 Å². The first kappa shape index (κ1) is 16.8. The van der Waals surface area contributed by atoms with Gasteiger partial charge in [-0.25, -0.2) is 0 Å². The molecule has 0 atom stereocenters. The number of unbranched alkanes of at least 4 members (excludes halogenated alkanes) is 1. The molecule has 1 heterocycles. The van der Waals surface area contributed by atoms with Crippen molar-refractivity contribution in [1.29, 1.82) is 0 Å². The molecule has 0 saturated carbocycles. The highest BCUT2D eigenvalue weighted by Gasteiger charge is 2.05. The average Bonchev–Trinajstić information content (AvgIpc) is 3.09. The van der Waals surface area contributed by atoms with Crippen molar-refractivity contribution in [1.82, 2.24) is 0 Å². The largest absolute Gasteiger partial charge is 0.459 e. The number of rotatable bonds is 7. The van der Waals surface area contributed by atoms with Crippen LogP contribution in [0.3, 0.4) is 0 Å². The van der Waals surface area contributed by atoms with Crippen molar-refractivity contribution < 1.29 is 4.42 Å². The number of hydrogen-bond donors (Lipinski definition) is 1. The van der Waals surface area contributed by atoms with Crippen molar-refractivity contribution in [3.63, 3.8) is 0 Å². The summed E-state index contributed by atoms with van der Waals surface area (Å²) in [5.41, 5.74) is 3.61. The van der Waals surface area contributed by atoms with Crippen LogP contribution in [0.15, 0.2) is 69.6 Å². The monoisotopic (exact) mass is 383 g/mol. The van der Waals surface area contributed by atoms with E-state index in [1.165, 1.54) is 18.4 Å². The van der Waals surface area contributed by atoms with E-state index in [9.17, 15) is 0 Å². The molecule has 0 radical (unpaired) electrons. The molecule has 0 aliphatic rings. The average molecular weight is 384 g/mol. The topological polar surface area (TPSA) is 25.2 Å². The summed E-state index contributed by atoms with van der Waals surface area (Å²) in [6, 6.07) is 20.9. The van der Waals surface area contributed by atoms with Crippen LogP contribution in [0.2, 0.25) is 0 Å². The predicted molar refractivity (Wildman–Crippen MR) is 104 cm³/mol. The Morgan fingerprint density at radius 3 is 2.38 bits per heavy atom. The normalized spacial score (nSPS) is 10.8. The lowest BCUT2D eigenvalue weighted by molar-refractivity contribution is 0.531. The Morgan fingerprint density at radius 2 is 1.67 bits per heavy atom. The Morgan fingerprint density at radius 1 is 0.917 bits per heavy atom. The first-order valence-electron chi connectivity index (χ1n) is 8.42. The molecule has 0 bridgehead atoms. The number of anilines is 1. The Bertz CT molecular complexity index is 759. The van der Waals surface area contributed by atoms with Gasteiger partial charge in [-0.05, 0) is 54.8 Å². The lowest BCUT2D eigenvalue weighted by atomic mass is 10.1. The maximum Gasteiger partial charge on any atom is 0.134 e. The van der Waals surface area contributed by atoms with E-state index in [0.717, 1.165) is 33.7 Å². The molecular weight excluding hydrogens is 362 g/mol. The Kier molecular flexibility index (Phi) is 5.76. The molecule has 2 nitrogen and oxygen atoms in total. The van der Waals surface area contributed by atoms with E-state index in [1.54, 1.807) is 0 Å². The molecule has 2 aromatic carbocycles. The number of hydrogen-bond acceptors (Lipinski definition) is 2. The minimum atomic E-state index is 0.685. The van der Waals surface area contributed by atoms with E-state index in [0.29, 0.717) is 6.54 Å². The summed E-state index contributed by atoms with van der Waals surface area (Å²) >= 11 is 3.45. The van der Waals surface area contributed by atoms with Gasteiger partial charge >= 0.3 is 0 Å². The molecule has 3 heteroatoms. The van der Waals surface area contributed by atoms with Crippen molar-refractivity contribution in [2.75, 3.05) is 5.32 Å². The number of aryl methyl sites for hydroxylation is 1. The summed E-state index contributed by atoms with van der Waals surface area (Å²) in [4.78, 5) is 0. The summed E-state index contributed by atoms with van der Waals surface area (Å²) in [7, 11) is 0. The molecule has 0 spiro atoms. The first-order valence-corrected chi connectivity index (χ1v) is 9.21. The molecule has 3 rings (SSSR count). The second-order valence-electron chi connectivity index (χ2n) is 5.93. The summed E-state index contributed by atoms with van der Waals surface area (Å²) in [5, 5.41) is 3.42. The number of halogens is 1. The van der Waals surface area contributed by atoms with Crippen LogP contribution in [0.4, 0.5) is 5.69 Å². The molecule has 0 aliphatic carbocycles. The van der Waals surface area contributed by atoms with Crippen LogP contribution in [-0.2, 0) is 13.0 Å². The van der Waals surface area contributed by atoms with Gasteiger partial charge in [-0.2, -0.15) is 0 Å². The third-order valence-corrected chi connectivity index (χ3v) is 4.56. The third-order valence-electron chi connectivity index (χ3n) is 4.03. The maximum absolute atomic E-state index is 5.93. The zero-order valence-electron chi connectivity index (χ0n) is 13.9. The van der Waals surface area contributed by atoms with Crippen molar-refractivity contribution in [2.45, 2.75) is 32.7 Å². The minimum absolute atomic E-state index is 0.685. The minimum Gasteiger partial charge on any atom is -0.459 e. The Labute approximate surface area is 152 Å². The van der Waals surface area contributed by atoms with Gasteiger partial charge in [0.2, 0.25) is 0 Å². The fourth-order valence-electron chi connectivity index (χ4n) is 2.60. The quantitative estimate of drug-likeness (QED) is 0.493. The first-order chi connectivity index (χ1) is 11.7. The van der Waals surface area contributed by atoms with Gasteiger partial charge in [-0.3, -0.25) is 0 Å². The highest BCUT2D eigenvalue weighted by molar-refractivity contribution is 9.10. The van der Waals surface area contributed by atoms with Crippen LogP contribution in [0, 0.1) is 0 Å². The number of benzene rings is 2. The smallest absolute Gasteiger partial charge is 0.134 e. The van der Waals surface area contributed by atoms with E-state index in [1.807, 2.05) is 24.3 Å². The van der Waals surface area contributed by atoms with Crippen LogP contribution in [0.1, 0.15) is 31.1 Å². The van der Waals surface area contributed by atoms with E-state index in [-0.39, 0.29) is 0 Å². The van der Waals surface area contributed by atoms with Gasteiger partial charge in [0.05, 0.1) is 6.54 Å². The molecule has 3 aromatic rings. The predicted octanol–water partition coefficient (Wildman–Crippen LogP) is 6.66. The zero-order chi connectivity index (χ0) is 16.8. The van der Waals surface area contributed by atoms with Crippen molar-refractivity contribution in [2.24, 2.45) is 0 Å². The molecule has 1 N–H and O–H groups in total. The van der Waals surface area contributed by atoms with Crippen LogP contribution >= 0.6 is 15.9 Å². The van der Waals surface area contributed by atoms with Crippen LogP contribution in [-0.4, -0.2) is 0 Å². The molecule has 0 amide bonds. The highest BCUT2D eigenvalue weighted by Crippen LogP contribution is 2.24. The van der Waals surface area contributed by atoms with Crippen LogP contribution in [0.5, 0.6) is 0 Å². The molecular formula is C21H22BrNO. The van der Waals surface area contributed by atoms with E-state index in [2.05, 4.69) is 64.6 Å². The van der Waals surface area contributed by atoms with E-state index >= 15 is 0 Å². The maximum atomic E-state index is 5.93. The molecule has 0 saturated heterocycles. The van der Waals surface area contributed by atoms with Gasteiger partial charge in [0.15, 0.2) is 0 Å². The second kappa shape index (κ2) is 8.20. The molecule has 1 aromatic heterocycles. The fourth-order valence-corrected chi connectivity index (χ4v) is 2.87. The number of nitrogens with one attached hydrogen (secondary N) is 1. The lowest BCUT2D eigenvalue weighted by Crippen LogP contribution is -1.98. The van der Waals surface area contributed by atoms with Crippen LogP contribution in [0.25, 0.3) is 11.3 Å². The zero-order valence-corrected chi connectivity index (χ0v) is 15.5. The van der Waals surface area contributed by atoms with Gasteiger partial charge in [0.25, 0.3) is 0 Å². The molecule has 0 unspecified atom stereocenters. The fraction of sp³-hybridized carbons (Fsp3) is 0.238. The van der Waals surface area contributed by atoms with Crippen molar-refractivity contribution in [3.05, 3.63) is 76.5 Å². The SMILES string of the molecule is CCCCc1ccc(NCc2ccc(-c3ccc(Br)cc3)o2)cc1. The standard InChI is InChI=1S/C21H22BrNO/c1-2-3-4-16-5-11-19(12-6-16)23-15-20-13-14-21(24-20)17-7-9-18(22)10-8-17/h5-14,23H,2-4,15H2,1H3. The molecule has 0 fully saturated rings. The summed E-state index contributed by atoms with van der Waals surface area (Å²) in [6.45, 7) is 2.91. The van der Waals surface area contributed by atoms with E-state index in [4.69, 9.17) is 4.42 Å². The van der Waals surface area contributed by atoms with Gasteiger partial charge in [0.1, 0.15) is 11.5 Å². The third kappa shape index (κ3) is 4.51. The summed E-state index contributed by atoms with van der Waals surface area (Å²) in [5.74, 6) is 1.83. The van der Waals surface area contributed by atoms with Gasteiger partial charge in [-0.15, -0.1) is 0 Å². The highest BCUT2D eigenvalue weighted by atomic mass is 79.9. The molecule has 0 aliphatic heterocycles. The summed E-state index contributed by atoms with van der Waals surface area (Å²) < 4.78 is 7.00. The Hall–Kier alpha value is -2.00. The van der Waals surface area contributed by atoms with Crippen LogP contribution < -0.4 is 5.32 Å². The molecule has 24 heavy (non-hydrogen) atoms. The number of furan rings is 1. The molecule has 124 valence electrons. The summed E-state index contributed by atoms with van der Waals surface area (Å²) in [6.07, 6.45) is 3.64. The van der Waals surface area contributed by atoms with Gasteiger partial charge in [0, 0.05) is 15.7 Å². The van der Waals surface area contributed by atoms with E-state index < -0.39 is 0 Å². The van der Waals surface area contributed by atoms with Crippen molar-refractivity contribution >= 4 is 21.6 Å². The van der Waals surface area contributed by atoms with Gasteiger partial charge < -0.3 is 9.73 Å². The Balaban J connectivity index is 1.58. The van der Waals surface area contributed by atoms with Crippen molar-refractivity contribution in [3.8, 4) is 11.3 Å². The lowest BCUT2D eigenvalue weighted by Gasteiger charge is -2.06. The second-order valence-corrected chi connectivity index (χ2v) is 6.84.